The maximum absolute atomic E-state index is 11.4. The minimum Gasteiger partial charge on any atom is -0.466 e. The highest BCUT2D eigenvalue weighted by Gasteiger charge is 2.23. The van der Waals surface area contributed by atoms with E-state index in [1.807, 2.05) is 6.92 Å². The molecule has 0 atom stereocenters. The third-order valence-electron chi connectivity index (χ3n) is 2.53. The van der Waals surface area contributed by atoms with Crippen molar-refractivity contribution in [2.24, 2.45) is 5.41 Å². The van der Waals surface area contributed by atoms with Crippen LogP contribution in [0.25, 0.3) is 0 Å². The molecule has 0 aromatic carbocycles. The van der Waals surface area contributed by atoms with Crippen LogP contribution >= 0.6 is 0 Å². The van der Waals surface area contributed by atoms with Gasteiger partial charge in [-0.25, -0.2) is 0 Å². The fourth-order valence-corrected chi connectivity index (χ4v) is 1.56. The van der Waals surface area contributed by atoms with Gasteiger partial charge in [-0.1, -0.05) is 25.0 Å². The smallest absolute Gasteiger partial charge is 0.306 e. The largest absolute Gasteiger partial charge is 0.466 e. The van der Waals surface area contributed by atoms with Crippen LogP contribution in [-0.4, -0.2) is 12.6 Å². The van der Waals surface area contributed by atoms with Crippen LogP contribution in [0, 0.1) is 5.41 Å². The molecule has 88 valence electrons. The Bertz CT molecular complexity index is 245. The number of hydrogen-bond acceptors (Lipinski definition) is 2. The van der Waals surface area contributed by atoms with Gasteiger partial charge in [0.15, 0.2) is 0 Å². The number of esters is 1. The molecule has 0 aliphatic heterocycles. The zero-order valence-electron chi connectivity index (χ0n) is 10.9. The van der Waals surface area contributed by atoms with Crippen molar-refractivity contribution in [3.8, 4) is 0 Å². The molecule has 0 N–H and O–H groups in total. The minimum absolute atomic E-state index is 0.00634. The molecule has 0 rings (SSSR count). The lowest BCUT2D eigenvalue weighted by molar-refractivity contribution is -0.145. The quantitative estimate of drug-likeness (QED) is 0.513. The third-order valence-corrected chi connectivity index (χ3v) is 2.53. The van der Waals surface area contributed by atoms with Gasteiger partial charge >= 0.3 is 5.97 Å². The lowest BCUT2D eigenvalue weighted by atomic mass is 9.82. The van der Waals surface area contributed by atoms with Gasteiger partial charge in [0.2, 0.25) is 0 Å². The van der Waals surface area contributed by atoms with E-state index >= 15 is 0 Å². The van der Waals surface area contributed by atoms with Crippen LogP contribution in [0.15, 0.2) is 11.1 Å². The van der Waals surface area contributed by atoms with Crippen LogP contribution in [0.3, 0.4) is 0 Å². The summed E-state index contributed by atoms with van der Waals surface area (Å²) in [4.78, 5) is 11.4. The number of carbonyl (C=O) groups is 1. The average Bonchev–Trinajstić information content (AvgIpc) is 2.01. The Balaban J connectivity index is 4.31. The molecule has 15 heavy (non-hydrogen) atoms. The molecule has 0 saturated heterocycles. The molecule has 0 bridgehead atoms. The van der Waals surface area contributed by atoms with Crippen molar-refractivity contribution in [3.63, 3.8) is 0 Å². The highest BCUT2D eigenvalue weighted by molar-refractivity contribution is 5.70. The molecular weight excluding hydrogens is 188 g/mol. The van der Waals surface area contributed by atoms with Crippen molar-refractivity contribution in [3.05, 3.63) is 11.1 Å². The summed E-state index contributed by atoms with van der Waals surface area (Å²) in [5.74, 6) is -0.0935. The molecule has 0 fully saturated rings. The Labute approximate surface area is 93.7 Å². The highest BCUT2D eigenvalue weighted by Crippen LogP contribution is 2.30. The molecule has 0 aliphatic rings. The zero-order chi connectivity index (χ0) is 12.1. The summed E-state index contributed by atoms with van der Waals surface area (Å²) in [6.45, 7) is 12.9. The maximum atomic E-state index is 11.4. The van der Waals surface area contributed by atoms with E-state index in [1.165, 1.54) is 11.1 Å². The maximum Gasteiger partial charge on any atom is 0.306 e. The number of rotatable bonds is 5. The molecule has 2 nitrogen and oxygen atoms in total. The molecule has 0 radical (unpaired) electrons. The SMILES string of the molecule is CCOC(=O)CC(C)(C)CC(C)=C(C)C. The number of carbonyl (C=O) groups excluding carboxylic acids is 1. The van der Waals surface area contributed by atoms with E-state index in [0.717, 1.165) is 6.42 Å². The number of ether oxygens (including phenoxy) is 1. The van der Waals surface area contributed by atoms with Gasteiger partial charge in [0.05, 0.1) is 13.0 Å². The fraction of sp³-hybridized carbons (Fsp3) is 0.769. The molecule has 0 aliphatic carbocycles. The summed E-state index contributed by atoms with van der Waals surface area (Å²) in [7, 11) is 0. The first kappa shape index (κ1) is 14.2. The molecule has 0 heterocycles. The van der Waals surface area contributed by atoms with Crippen LogP contribution < -0.4 is 0 Å². The second-order valence-electron chi connectivity index (χ2n) is 5.10. The van der Waals surface area contributed by atoms with Gasteiger partial charge in [0, 0.05) is 0 Å². The van der Waals surface area contributed by atoms with Crippen molar-refractivity contribution in [1.82, 2.24) is 0 Å². The summed E-state index contributed by atoms with van der Waals surface area (Å²) in [6.07, 6.45) is 1.44. The van der Waals surface area contributed by atoms with Crippen molar-refractivity contribution >= 4 is 5.97 Å². The Morgan fingerprint density at radius 3 is 2.07 bits per heavy atom. The summed E-state index contributed by atoms with van der Waals surface area (Å²) in [6, 6.07) is 0. The van der Waals surface area contributed by atoms with Crippen molar-refractivity contribution in [2.45, 2.75) is 54.4 Å². The molecule has 0 saturated carbocycles. The van der Waals surface area contributed by atoms with Crippen LogP contribution in [0.2, 0.25) is 0 Å². The van der Waals surface area contributed by atoms with E-state index in [-0.39, 0.29) is 11.4 Å². The van der Waals surface area contributed by atoms with E-state index in [4.69, 9.17) is 4.74 Å². The monoisotopic (exact) mass is 212 g/mol. The van der Waals surface area contributed by atoms with Crippen molar-refractivity contribution < 1.29 is 9.53 Å². The lowest BCUT2D eigenvalue weighted by Gasteiger charge is -2.24. The van der Waals surface area contributed by atoms with Gasteiger partial charge in [0.25, 0.3) is 0 Å². The third kappa shape index (κ3) is 6.32. The Morgan fingerprint density at radius 1 is 1.13 bits per heavy atom. The summed E-state index contributed by atoms with van der Waals surface area (Å²) < 4.78 is 4.96. The van der Waals surface area contributed by atoms with E-state index in [2.05, 4.69) is 34.6 Å². The second kappa shape index (κ2) is 5.94. The molecule has 2 heteroatoms. The van der Waals surface area contributed by atoms with Gasteiger partial charge in [0.1, 0.15) is 0 Å². The van der Waals surface area contributed by atoms with E-state index < -0.39 is 0 Å². The predicted molar refractivity (Wildman–Crippen MR) is 63.7 cm³/mol. The first-order chi connectivity index (χ1) is 6.78. The van der Waals surface area contributed by atoms with Crippen LogP contribution in [0.5, 0.6) is 0 Å². The van der Waals surface area contributed by atoms with Crippen LogP contribution in [0.1, 0.15) is 54.4 Å². The topological polar surface area (TPSA) is 26.3 Å². The van der Waals surface area contributed by atoms with Gasteiger partial charge in [-0.15, -0.1) is 0 Å². The first-order valence-corrected chi connectivity index (χ1v) is 5.57. The van der Waals surface area contributed by atoms with E-state index in [9.17, 15) is 4.79 Å². The average molecular weight is 212 g/mol. The highest BCUT2D eigenvalue weighted by atomic mass is 16.5. The first-order valence-electron chi connectivity index (χ1n) is 5.57. The Kier molecular flexibility index (Phi) is 5.63. The molecule has 0 aromatic rings. The standard InChI is InChI=1S/C13H24O2/c1-7-15-12(14)9-13(5,6)8-11(4)10(2)3/h7-9H2,1-6H3. The van der Waals surface area contributed by atoms with Crippen molar-refractivity contribution in [1.29, 1.82) is 0 Å². The van der Waals surface area contributed by atoms with E-state index in [1.54, 1.807) is 0 Å². The number of hydrogen-bond donors (Lipinski definition) is 0. The molecule has 0 amide bonds. The summed E-state index contributed by atoms with van der Waals surface area (Å²) in [5.41, 5.74) is 2.70. The second-order valence-corrected chi connectivity index (χ2v) is 5.10. The van der Waals surface area contributed by atoms with Gasteiger partial charge < -0.3 is 4.74 Å². The van der Waals surface area contributed by atoms with Gasteiger partial charge in [-0.3, -0.25) is 4.79 Å². The van der Waals surface area contributed by atoms with Gasteiger partial charge in [-0.2, -0.15) is 0 Å². The zero-order valence-corrected chi connectivity index (χ0v) is 10.9. The van der Waals surface area contributed by atoms with Crippen LogP contribution in [0.4, 0.5) is 0 Å². The van der Waals surface area contributed by atoms with Crippen LogP contribution in [-0.2, 0) is 9.53 Å². The molecule has 0 aromatic heterocycles. The lowest BCUT2D eigenvalue weighted by Crippen LogP contribution is -2.19. The molecular formula is C13H24O2. The van der Waals surface area contributed by atoms with Crippen molar-refractivity contribution in [2.75, 3.05) is 6.61 Å². The van der Waals surface area contributed by atoms with Gasteiger partial charge in [-0.05, 0) is 39.5 Å². The van der Waals surface area contributed by atoms with E-state index in [0.29, 0.717) is 13.0 Å². The fourth-order valence-electron chi connectivity index (χ4n) is 1.56. The summed E-state index contributed by atoms with van der Waals surface area (Å²) >= 11 is 0. The number of allylic oxidation sites excluding steroid dienone is 2. The molecule has 0 spiro atoms. The molecule has 0 unspecified atom stereocenters. The minimum atomic E-state index is -0.0935. The normalized spacial score (nSPS) is 11.1. The Morgan fingerprint density at radius 2 is 1.67 bits per heavy atom. The Hall–Kier alpha value is -0.790. The predicted octanol–water partition coefficient (Wildman–Crippen LogP) is 3.71. The summed E-state index contributed by atoms with van der Waals surface area (Å²) in [5, 5.41) is 0.